The van der Waals surface area contributed by atoms with Gasteiger partial charge in [0.1, 0.15) is 12.0 Å². The maximum Gasteiger partial charge on any atom is 0.223 e. The highest BCUT2D eigenvalue weighted by Gasteiger charge is 2.30. The first-order chi connectivity index (χ1) is 12.2. The third kappa shape index (κ3) is 4.10. The summed E-state index contributed by atoms with van der Waals surface area (Å²) in [5, 5.41) is 0.0597. The molecular formula is C20H23NO3S. The number of amides is 1. The van der Waals surface area contributed by atoms with Crippen molar-refractivity contribution in [2.45, 2.75) is 25.3 Å². The van der Waals surface area contributed by atoms with E-state index in [1.54, 1.807) is 18.9 Å². The number of rotatable bonds is 6. The van der Waals surface area contributed by atoms with Crippen molar-refractivity contribution < 1.29 is 14.3 Å². The van der Waals surface area contributed by atoms with Gasteiger partial charge in [-0.15, -0.1) is 11.8 Å². The van der Waals surface area contributed by atoms with Gasteiger partial charge in [0, 0.05) is 18.7 Å². The van der Waals surface area contributed by atoms with E-state index < -0.39 is 0 Å². The van der Waals surface area contributed by atoms with Gasteiger partial charge in [0.05, 0.1) is 7.11 Å². The van der Waals surface area contributed by atoms with Crippen LogP contribution in [0.5, 0.6) is 11.5 Å². The van der Waals surface area contributed by atoms with Crippen molar-refractivity contribution >= 4 is 17.7 Å². The minimum absolute atomic E-state index is 0.0597. The lowest BCUT2D eigenvalue weighted by atomic mass is 10.1. The molecule has 25 heavy (non-hydrogen) atoms. The Hall–Kier alpha value is -2.14. The molecule has 1 fully saturated rings. The van der Waals surface area contributed by atoms with Crippen LogP contribution in [0.2, 0.25) is 0 Å². The molecule has 0 unspecified atom stereocenters. The maximum atomic E-state index is 12.1. The number of benzene rings is 2. The Morgan fingerprint density at radius 3 is 2.72 bits per heavy atom. The predicted molar refractivity (Wildman–Crippen MR) is 101 cm³/mol. The average molecular weight is 357 g/mol. The molecular weight excluding hydrogens is 334 g/mol. The van der Waals surface area contributed by atoms with Crippen LogP contribution in [0.3, 0.4) is 0 Å². The van der Waals surface area contributed by atoms with Crippen molar-refractivity contribution in [1.29, 1.82) is 0 Å². The summed E-state index contributed by atoms with van der Waals surface area (Å²) in [6.45, 7) is 3.20. The summed E-state index contributed by atoms with van der Waals surface area (Å²) in [7, 11) is 1.64. The molecule has 2 aromatic rings. The van der Waals surface area contributed by atoms with E-state index in [2.05, 4.69) is 0 Å². The van der Waals surface area contributed by atoms with Crippen molar-refractivity contribution in [3.05, 3.63) is 59.7 Å². The zero-order chi connectivity index (χ0) is 17.6. The van der Waals surface area contributed by atoms with Gasteiger partial charge in [-0.2, -0.15) is 0 Å². The van der Waals surface area contributed by atoms with E-state index in [1.807, 2.05) is 60.4 Å². The second-order valence-electron chi connectivity index (χ2n) is 5.85. The summed E-state index contributed by atoms with van der Waals surface area (Å²) in [5.41, 5.74) is 2.19. The minimum Gasteiger partial charge on any atom is -0.493 e. The molecule has 1 saturated heterocycles. The number of carbonyl (C=O) groups excluding carboxylic acids is 1. The zero-order valence-corrected chi connectivity index (χ0v) is 15.4. The molecule has 0 spiro atoms. The summed E-state index contributed by atoms with van der Waals surface area (Å²) in [4.78, 5) is 14.1. The summed E-state index contributed by atoms with van der Waals surface area (Å²) in [6, 6.07) is 16.0. The van der Waals surface area contributed by atoms with Crippen LogP contribution in [0.25, 0.3) is 0 Å². The molecule has 1 aliphatic heterocycles. The highest BCUT2D eigenvalue weighted by atomic mass is 32.2. The van der Waals surface area contributed by atoms with Crippen LogP contribution in [0.15, 0.2) is 48.5 Å². The van der Waals surface area contributed by atoms with E-state index in [9.17, 15) is 4.79 Å². The lowest BCUT2D eigenvalue weighted by Crippen LogP contribution is -2.29. The largest absolute Gasteiger partial charge is 0.493 e. The van der Waals surface area contributed by atoms with Crippen molar-refractivity contribution in [1.82, 2.24) is 4.90 Å². The number of nitrogens with zero attached hydrogens (tertiary/aromatic N) is 1. The van der Waals surface area contributed by atoms with Gasteiger partial charge in [0.2, 0.25) is 5.91 Å². The van der Waals surface area contributed by atoms with Gasteiger partial charge in [0.25, 0.3) is 0 Å². The van der Waals surface area contributed by atoms with Gasteiger partial charge in [-0.05, 0) is 23.3 Å². The molecule has 0 radical (unpaired) electrons. The number of ether oxygens (including phenoxy) is 2. The molecule has 132 valence electrons. The zero-order valence-electron chi connectivity index (χ0n) is 14.6. The third-order valence-corrected chi connectivity index (χ3v) is 5.48. The molecule has 1 atom stereocenters. The number of methoxy groups -OCH3 is 1. The van der Waals surface area contributed by atoms with Gasteiger partial charge in [-0.1, -0.05) is 43.3 Å². The van der Waals surface area contributed by atoms with Crippen LogP contribution in [0.1, 0.15) is 29.8 Å². The molecule has 4 nitrogen and oxygen atoms in total. The first kappa shape index (κ1) is 17.7. The highest BCUT2D eigenvalue weighted by molar-refractivity contribution is 7.99. The van der Waals surface area contributed by atoms with Crippen LogP contribution < -0.4 is 9.47 Å². The molecule has 0 saturated carbocycles. The normalized spacial score (nSPS) is 16.7. The molecule has 1 amide bonds. The Labute approximate surface area is 153 Å². The van der Waals surface area contributed by atoms with Gasteiger partial charge in [-0.25, -0.2) is 0 Å². The second-order valence-corrected chi connectivity index (χ2v) is 7.04. The van der Waals surface area contributed by atoms with E-state index >= 15 is 0 Å². The molecule has 0 bridgehead atoms. The SMILES string of the molecule is CCC(=O)N1CCS[C@H]1c1ccc(OCc2ccccc2)c(OC)c1. The van der Waals surface area contributed by atoms with E-state index in [0.717, 1.165) is 23.4 Å². The fourth-order valence-electron chi connectivity index (χ4n) is 2.90. The van der Waals surface area contributed by atoms with E-state index in [4.69, 9.17) is 9.47 Å². The van der Waals surface area contributed by atoms with Crippen LogP contribution in [0.4, 0.5) is 0 Å². The molecule has 1 aliphatic rings. The van der Waals surface area contributed by atoms with Gasteiger partial charge in [-0.3, -0.25) is 4.79 Å². The summed E-state index contributed by atoms with van der Waals surface area (Å²) >= 11 is 1.79. The van der Waals surface area contributed by atoms with Gasteiger partial charge >= 0.3 is 0 Å². The summed E-state index contributed by atoms with van der Waals surface area (Å²) < 4.78 is 11.4. The summed E-state index contributed by atoms with van der Waals surface area (Å²) in [6.07, 6.45) is 0.534. The van der Waals surface area contributed by atoms with Crippen LogP contribution in [-0.4, -0.2) is 30.2 Å². The van der Waals surface area contributed by atoms with Gasteiger partial charge in [0.15, 0.2) is 11.5 Å². The Balaban J connectivity index is 1.76. The standard InChI is InChI=1S/C20H23NO3S/c1-3-19(22)21-11-12-25-20(21)16-9-10-17(18(13-16)23-2)24-14-15-7-5-4-6-8-15/h4-10,13,20H,3,11-12,14H2,1-2H3/t20-/m0/s1. The molecule has 5 heteroatoms. The fraction of sp³-hybridized carbons (Fsp3) is 0.350. The van der Waals surface area contributed by atoms with Crippen molar-refractivity contribution in [2.75, 3.05) is 19.4 Å². The highest BCUT2D eigenvalue weighted by Crippen LogP contribution is 2.41. The monoisotopic (exact) mass is 357 g/mol. The van der Waals surface area contributed by atoms with Crippen molar-refractivity contribution in [3.8, 4) is 11.5 Å². The lowest BCUT2D eigenvalue weighted by Gasteiger charge is -2.24. The lowest BCUT2D eigenvalue weighted by molar-refractivity contribution is -0.131. The van der Waals surface area contributed by atoms with E-state index in [-0.39, 0.29) is 11.3 Å². The minimum atomic E-state index is 0.0597. The first-order valence-corrected chi connectivity index (χ1v) is 9.53. The summed E-state index contributed by atoms with van der Waals surface area (Å²) in [5.74, 6) is 2.57. The molecule has 2 aromatic carbocycles. The Kier molecular flexibility index (Phi) is 5.87. The average Bonchev–Trinajstić information content (AvgIpc) is 3.16. The predicted octanol–water partition coefficient (Wildman–Crippen LogP) is 4.26. The second kappa shape index (κ2) is 8.30. The first-order valence-electron chi connectivity index (χ1n) is 8.48. The molecule has 0 aliphatic carbocycles. The number of carbonyl (C=O) groups is 1. The molecule has 0 N–H and O–H groups in total. The Bertz CT molecular complexity index is 720. The van der Waals surface area contributed by atoms with Crippen molar-refractivity contribution in [2.24, 2.45) is 0 Å². The number of hydrogen-bond donors (Lipinski definition) is 0. The van der Waals surface area contributed by atoms with Crippen LogP contribution >= 0.6 is 11.8 Å². The Morgan fingerprint density at radius 1 is 1.20 bits per heavy atom. The maximum absolute atomic E-state index is 12.1. The fourth-order valence-corrected chi connectivity index (χ4v) is 4.16. The third-order valence-electron chi connectivity index (χ3n) is 4.22. The molecule has 0 aromatic heterocycles. The topological polar surface area (TPSA) is 38.8 Å². The van der Waals surface area contributed by atoms with E-state index in [1.165, 1.54) is 0 Å². The smallest absolute Gasteiger partial charge is 0.223 e. The van der Waals surface area contributed by atoms with Gasteiger partial charge < -0.3 is 14.4 Å². The van der Waals surface area contributed by atoms with E-state index in [0.29, 0.717) is 24.5 Å². The van der Waals surface area contributed by atoms with Crippen LogP contribution in [0, 0.1) is 0 Å². The Morgan fingerprint density at radius 2 is 2.00 bits per heavy atom. The number of thioether (sulfide) groups is 1. The molecule has 3 rings (SSSR count). The van der Waals surface area contributed by atoms with Crippen LogP contribution in [-0.2, 0) is 11.4 Å². The quantitative estimate of drug-likeness (QED) is 0.774. The molecule has 1 heterocycles. The van der Waals surface area contributed by atoms with Crippen molar-refractivity contribution in [3.63, 3.8) is 0 Å². The number of hydrogen-bond acceptors (Lipinski definition) is 4.